The topological polar surface area (TPSA) is 65.0 Å². The van der Waals surface area contributed by atoms with Gasteiger partial charge in [-0.05, 0) is 62.6 Å². The van der Waals surface area contributed by atoms with Gasteiger partial charge in [0, 0.05) is 30.2 Å². The van der Waals surface area contributed by atoms with Crippen LogP contribution < -0.4 is 10.1 Å². The van der Waals surface area contributed by atoms with E-state index in [1.165, 1.54) is 18.4 Å². The molecule has 3 N–H and O–H groups in total. The van der Waals surface area contributed by atoms with Crippen LogP contribution >= 0.6 is 0 Å². The predicted molar refractivity (Wildman–Crippen MR) is 107 cm³/mol. The Morgan fingerprint density at radius 1 is 1.25 bits per heavy atom. The van der Waals surface area contributed by atoms with Gasteiger partial charge in [-0.1, -0.05) is 19.9 Å². The van der Waals surface area contributed by atoms with Crippen LogP contribution in [0.3, 0.4) is 0 Å². The molecule has 2 aliphatic heterocycles. The van der Waals surface area contributed by atoms with E-state index in [-0.39, 0.29) is 23.9 Å². The molecule has 3 fully saturated rings. The first-order valence-corrected chi connectivity index (χ1v) is 11.2. The molecule has 152 valence electrons. The molecule has 3 aliphatic carbocycles. The standard InChI is InChI=1S/C23H32N2O3/c1-13(2)24-16-7-8-23(27)18-11-15-5-6-17(26)20-19(15)22(23,21(16)28-20)9-10-25(18)12-14-3-4-14/h5-6,13-14,16,18,21,24,26-27H,3-4,7-12H2,1-2H3/t16-,18-,21+,22+,23-/m1/s1. The zero-order valence-corrected chi connectivity index (χ0v) is 16.9. The van der Waals surface area contributed by atoms with Gasteiger partial charge in [-0.25, -0.2) is 0 Å². The lowest BCUT2D eigenvalue weighted by molar-refractivity contribution is -0.192. The van der Waals surface area contributed by atoms with Gasteiger partial charge >= 0.3 is 0 Å². The maximum absolute atomic E-state index is 12.3. The van der Waals surface area contributed by atoms with Gasteiger partial charge < -0.3 is 20.3 Å². The summed E-state index contributed by atoms with van der Waals surface area (Å²) in [6.07, 6.45) is 6.07. The van der Waals surface area contributed by atoms with Crippen LogP contribution in [0.1, 0.15) is 57.1 Å². The number of hydrogen-bond acceptors (Lipinski definition) is 5. The summed E-state index contributed by atoms with van der Waals surface area (Å²) in [5.74, 6) is 1.70. The number of aliphatic hydroxyl groups is 1. The lowest BCUT2D eigenvalue weighted by Gasteiger charge is -2.64. The van der Waals surface area contributed by atoms with E-state index in [2.05, 4.69) is 30.1 Å². The molecule has 2 bridgehead atoms. The smallest absolute Gasteiger partial charge is 0.165 e. The fourth-order valence-electron chi connectivity index (χ4n) is 7.08. The fraction of sp³-hybridized carbons (Fsp3) is 0.739. The normalized spacial score (nSPS) is 41.1. The average molecular weight is 385 g/mol. The molecule has 0 radical (unpaired) electrons. The summed E-state index contributed by atoms with van der Waals surface area (Å²) in [6, 6.07) is 4.60. The van der Waals surface area contributed by atoms with Gasteiger partial charge in [0.05, 0.1) is 11.0 Å². The number of phenolic OH excluding ortho intramolecular Hbond substituents is 1. The molecular weight excluding hydrogens is 352 g/mol. The van der Waals surface area contributed by atoms with Crippen molar-refractivity contribution in [3.63, 3.8) is 0 Å². The number of phenols is 1. The Morgan fingerprint density at radius 2 is 2.07 bits per heavy atom. The molecular formula is C23H32N2O3. The van der Waals surface area contributed by atoms with Crippen LogP contribution in [0.15, 0.2) is 12.1 Å². The number of piperidine rings is 1. The molecule has 6 rings (SSSR count). The van der Waals surface area contributed by atoms with Crippen molar-refractivity contribution in [3.8, 4) is 11.5 Å². The monoisotopic (exact) mass is 384 g/mol. The lowest BCUT2D eigenvalue weighted by Crippen LogP contribution is -2.78. The van der Waals surface area contributed by atoms with Gasteiger partial charge in [-0.2, -0.15) is 0 Å². The zero-order valence-electron chi connectivity index (χ0n) is 16.9. The van der Waals surface area contributed by atoms with Crippen LogP contribution in [0.25, 0.3) is 0 Å². The minimum absolute atomic E-state index is 0.110. The average Bonchev–Trinajstić information content (AvgIpc) is 3.38. The quantitative estimate of drug-likeness (QED) is 0.744. The molecule has 0 unspecified atom stereocenters. The molecule has 5 heteroatoms. The largest absolute Gasteiger partial charge is 0.504 e. The molecule has 5 aliphatic rings. The molecule has 0 amide bonds. The first-order valence-electron chi connectivity index (χ1n) is 11.2. The van der Waals surface area contributed by atoms with Crippen LogP contribution in [0.2, 0.25) is 0 Å². The molecule has 2 heterocycles. The van der Waals surface area contributed by atoms with E-state index in [9.17, 15) is 10.2 Å². The van der Waals surface area contributed by atoms with Crippen molar-refractivity contribution in [3.05, 3.63) is 23.3 Å². The number of rotatable bonds is 4. The third-order valence-electron chi connectivity index (χ3n) is 8.31. The van der Waals surface area contributed by atoms with Crippen molar-refractivity contribution in [1.82, 2.24) is 10.2 Å². The SMILES string of the molecule is CC(C)N[C@@H]1CC[C@@]2(O)[C@H]3Cc4ccc(O)c5c4[C@@]2(CCN3CC2CC2)[C@H]1O5. The van der Waals surface area contributed by atoms with E-state index in [1.54, 1.807) is 6.07 Å². The fourth-order valence-corrected chi connectivity index (χ4v) is 7.08. The van der Waals surface area contributed by atoms with Crippen molar-refractivity contribution in [2.75, 3.05) is 13.1 Å². The highest BCUT2D eigenvalue weighted by molar-refractivity contribution is 5.62. The first kappa shape index (κ1) is 17.5. The van der Waals surface area contributed by atoms with Crippen LogP contribution in [0.5, 0.6) is 11.5 Å². The Hall–Kier alpha value is -1.30. The highest BCUT2D eigenvalue weighted by Crippen LogP contribution is 2.65. The van der Waals surface area contributed by atoms with E-state index in [0.717, 1.165) is 50.3 Å². The number of likely N-dealkylation sites (tertiary alicyclic amines) is 1. The van der Waals surface area contributed by atoms with Crippen molar-refractivity contribution >= 4 is 0 Å². The Labute approximate surface area is 167 Å². The van der Waals surface area contributed by atoms with Gasteiger partial charge in [-0.3, -0.25) is 4.90 Å². The first-order chi connectivity index (χ1) is 13.4. The summed E-state index contributed by atoms with van der Waals surface area (Å²) >= 11 is 0. The van der Waals surface area contributed by atoms with Gasteiger partial charge in [-0.15, -0.1) is 0 Å². The van der Waals surface area contributed by atoms with Crippen molar-refractivity contribution in [2.24, 2.45) is 5.92 Å². The number of hydrogen-bond donors (Lipinski definition) is 3. The Kier molecular flexibility index (Phi) is 3.54. The number of aromatic hydroxyl groups is 1. The number of nitrogens with zero attached hydrogens (tertiary/aromatic N) is 1. The molecule has 1 saturated heterocycles. The highest BCUT2D eigenvalue weighted by Gasteiger charge is 2.72. The van der Waals surface area contributed by atoms with E-state index < -0.39 is 11.0 Å². The third-order valence-corrected chi connectivity index (χ3v) is 8.31. The third kappa shape index (κ3) is 2.08. The Morgan fingerprint density at radius 3 is 2.82 bits per heavy atom. The van der Waals surface area contributed by atoms with Crippen molar-refractivity contribution in [1.29, 1.82) is 0 Å². The number of nitrogens with one attached hydrogen (secondary N) is 1. The Bertz CT molecular complexity index is 822. The summed E-state index contributed by atoms with van der Waals surface area (Å²) in [6.45, 7) is 6.49. The van der Waals surface area contributed by atoms with Crippen LogP contribution in [-0.2, 0) is 11.8 Å². The Balaban J connectivity index is 1.51. The summed E-state index contributed by atoms with van der Waals surface area (Å²) in [7, 11) is 0. The summed E-state index contributed by atoms with van der Waals surface area (Å²) in [4.78, 5) is 2.59. The second-order valence-electron chi connectivity index (χ2n) is 10.3. The van der Waals surface area contributed by atoms with E-state index in [0.29, 0.717) is 11.8 Å². The molecule has 0 aromatic heterocycles. The maximum Gasteiger partial charge on any atom is 0.165 e. The highest BCUT2D eigenvalue weighted by atomic mass is 16.5. The second kappa shape index (κ2) is 5.65. The van der Waals surface area contributed by atoms with Gasteiger partial charge in [0.15, 0.2) is 11.5 Å². The van der Waals surface area contributed by atoms with E-state index in [1.807, 2.05) is 0 Å². The lowest BCUT2D eigenvalue weighted by atomic mass is 9.48. The number of ether oxygens (including phenoxy) is 1. The van der Waals surface area contributed by atoms with Gasteiger partial charge in [0.1, 0.15) is 6.10 Å². The van der Waals surface area contributed by atoms with E-state index in [4.69, 9.17) is 4.74 Å². The minimum atomic E-state index is -0.772. The summed E-state index contributed by atoms with van der Waals surface area (Å²) in [5, 5.41) is 26.6. The maximum atomic E-state index is 12.3. The summed E-state index contributed by atoms with van der Waals surface area (Å²) < 4.78 is 6.53. The molecule has 1 spiro atoms. The van der Waals surface area contributed by atoms with E-state index >= 15 is 0 Å². The zero-order chi connectivity index (χ0) is 19.3. The molecule has 5 nitrogen and oxygen atoms in total. The van der Waals surface area contributed by atoms with Crippen molar-refractivity contribution in [2.45, 2.75) is 87.6 Å². The van der Waals surface area contributed by atoms with Gasteiger partial charge in [0.2, 0.25) is 0 Å². The van der Waals surface area contributed by atoms with Crippen LogP contribution in [-0.4, -0.2) is 58.0 Å². The number of benzene rings is 1. The molecule has 1 aromatic carbocycles. The predicted octanol–water partition coefficient (Wildman–Crippen LogP) is 2.32. The summed E-state index contributed by atoms with van der Waals surface area (Å²) in [5.41, 5.74) is 1.23. The molecule has 2 saturated carbocycles. The molecule has 28 heavy (non-hydrogen) atoms. The van der Waals surface area contributed by atoms with Gasteiger partial charge in [0.25, 0.3) is 0 Å². The van der Waals surface area contributed by atoms with Crippen LogP contribution in [0.4, 0.5) is 0 Å². The molecule has 1 aromatic rings. The van der Waals surface area contributed by atoms with Crippen molar-refractivity contribution < 1.29 is 14.9 Å². The van der Waals surface area contributed by atoms with Crippen LogP contribution in [0, 0.1) is 5.92 Å². The molecule has 5 atom stereocenters. The second-order valence-corrected chi connectivity index (χ2v) is 10.3. The minimum Gasteiger partial charge on any atom is -0.504 e.